The number of aryl methyl sites for hydroxylation is 1. The van der Waals surface area contributed by atoms with Gasteiger partial charge in [0.1, 0.15) is 0 Å². The lowest BCUT2D eigenvalue weighted by Crippen LogP contribution is -2.16. The molecule has 120 valence electrons. The molecule has 1 N–H and O–H groups in total. The second-order valence-electron chi connectivity index (χ2n) is 4.59. The van der Waals surface area contributed by atoms with Gasteiger partial charge in [-0.25, -0.2) is 8.42 Å². The van der Waals surface area contributed by atoms with Gasteiger partial charge in [0.15, 0.2) is 4.90 Å². The van der Waals surface area contributed by atoms with Gasteiger partial charge >= 0.3 is 0 Å². The molecule has 0 saturated heterocycles. The highest BCUT2D eigenvalue weighted by Gasteiger charge is 2.28. The van der Waals surface area contributed by atoms with Crippen LogP contribution < -0.4 is 4.72 Å². The summed E-state index contributed by atoms with van der Waals surface area (Å²) in [5.74, 6) is 0. The van der Waals surface area contributed by atoms with Gasteiger partial charge in [0.05, 0.1) is 15.5 Å². The monoisotopic (exact) mass is 337 g/mol. The number of hydrogen-bond acceptors (Lipinski definition) is 6. The van der Waals surface area contributed by atoms with Gasteiger partial charge < -0.3 is 0 Å². The summed E-state index contributed by atoms with van der Waals surface area (Å²) in [5, 5.41) is 21.8. The summed E-state index contributed by atoms with van der Waals surface area (Å²) in [4.78, 5) is 19.8. The number of benzene rings is 2. The van der Waals surface area contributed by atoms with E-state index in [0.29, 0.717) is 0 Å². The third-order valence-corrected chi connectivity index (χ3v) is 4.54. The molecule has 23 heavy (non-hydrogen) atoms. The van der Waals surface area contributed by atoms with Crippen molar-refractivity contribution in [2.45, 2.75) is 11.8 Å². The second kappa shape index (κ2) is 6.01. The molecule has 9 nitrogen and oxygen atoms in total. The molecule has 0 aliphatic heterocycles. The fraction of sp³-hybridized carbons (Fsp3) is 0.0769. The second-order valence-corrected chi connectivity index (χ2v) is 6.21. The van der Waals surface area contributed by atoms with Crippen LogP contribution in [0.15, 0.2) is 47.4 Å². The topological polar surface area (TPSA) is 132 Å². The van der Waals surface area contributed by atoms with E-state index in [1.165, 1.54) is 37.3 Å². The van der Waals surface area contributed by atoms with Crippen LogP contribution in [0, 0.1) is 27.2 Å². The maximum atomic E-state index is 12.4. The average molecular weight is 337 g/mol. The number of hydrogen-bond donors (Lipinski definition) is 1. The number of rotatable bonds is 5. The van der Waals surface area contributed by atoms with E-state index >= 15 is 0 Å². The molecule has 0 atom stereocenters. The highest BCUT2D eigenvalue weighted by atomic mass is 32.2. The fourth-order valence-electron chi connectivity index (χ4n) is 2.02. The van der Waals surface area contributed by atoms with Crippen LogP contribution in [0.4, 0.5) is 17.1 Å². The maximum Gasteiger partial charge on any atom is 0.290 e. The van der Waals surface area contributed by atoms with Crippen molar-refractivity contribution in [1.82, 2.24) is 0 Å². The van der Waals surface area contributed by atoms with Crippen molar-refractivity contribution in [3.8, 4) is 0 Å². The van der Waals surface area contributed by atoms with Crippen molar-refractivity contribution in [3.05, 3.63) is 68.3 Å². The Labute approximate surface area is 130 Å². The van der Waals surface area contributed by atoms with Crippen LogP contribution in [-0.4, -0.2) is 18.3 Å². The van der Waals surface area contributed by atoms with Crippen molar-refractivity contribution in [2.75, 3.05) is 4.72 Å². The van der Waals surface area contributed by atoms with Crippen LogP contribution in [0.3, 0.4) is 0 Å². The summed E-state index contributed by atoms with van der Waals surface area (Å²) in [6, 6.07) is 8.73. The first-order valence-electron chi connectivity index (χ1n) is 6.23. The minimum absolute atomic E-state index is 0.0586. The molecule has 0 saturated carbocycles. The Morgan fingerprint density at radius 3 is 2.26 bits per heavy atom. The first-order chi connectivity index (χ1) is 10.7. The smallest absolute Gasteiger partial charge is 0.279 e. The number of nitrogens with zero attached hydrogens (tertiary/aromatic N) is 2. The van der Waals surface area contributed by atoms with E-state index in [-0.39, 0.29) is 16.9 Å². The number of nitro benzene ring substituents is 2. The molecule has 0 fully saturated rings. The fourth-order valence-corrected chi connectivity index (χ4v) is 3.47. The third kappa shape index (κ3) is 3.43. The Hall–Kier alpha value is -3.01. The van der Waals surface area contributed by atoms with E-state index in [1.54, 1.807) is 0 Å². The number of sulfonamides is 1. The summed E-state index contributed by atoms with van der Waals surface area (Å²) in [6.45, 7) is 1.43. The van der Waals surface area contributed by atoms with Crippen LogP contribution in [0.2, 0.25) is 0 Å². The highest BCUT2D eigenvalue weighted by molar-refractivity contribution is 7.93. The number of nitro groups is 2. The van der Waals surface area contributed by atoms with E-state index in [2.05, 4.69) is 4.72 Å². The van der Waals surface area contributed by atoms with Crippen molar-refractivity contribution in [1.29, 1.82) is 0 Å². The summed E-state index contributed by atoms with van der Waals surface area (Å²) >= 11 is 0. The molecule has 0 aliphatic carbocycles. The lowest BCUT2D eigenvalue weighted by Gasteiger charge is -2.10. The van der Waals surface area contributed by atoms with Crippen LogP contribution >= 0.6 is 0 Å². The number of non-ortho nitro benzene ring substituents is 1. The Bertz CT molecular complexity index is 894. The zero-order valence-corrected chi connectivity index (χ0v) is 12.6. The first-order valence-corrected chi connectivity index (χ1v) is 7.72. The Morgan fingerprint density at radius 1 is 1.00 bits per heavy atom. The molecule has 0 heterocycles. The highest BCUT2D eigenvalue weighted by Crippen LogP contribution is 2.29. The average Bonchev–Trinajstić information content (AvgIpc) is 2.46. The molecule has 0 unspecified atom stereocenters. The number of nitrogens with one attached hydrogen (secondary N) is 1. The van der Waals surface area contributed by atoms with Gasteiger partial charge in [0.25, 0.3) is 21.4 Å². The van der Waals surface area contributed by atoms with E-state index < -0.39 is 30.5 Å². The van der Waals surface area contributed by atoms with E-state index in [1.807, 2.05) is 0 Å². The molecule has 2 aromatic carbocycles. The van der Waals surface area contributed by atoms with Gasteiger partial charge in [-0.15, -0.1) is 0 Å². The number of anilines is 1. The molecule has 0 radical (unpaired) electrons. The first kappa shape index (κ1) is 16.4. The van der Waals surface area contributed by atoms with Crippen LogP contribution in [0.5, 0.6) is 0 Å². The van der Waals surface area contributed by atoms with Crippen molar-refractivity contribution in [2.24, 2.45) is 0 Å². The lowest BCUT2D eigenvalue weighted by atomic mass is 10.2. The summed E-state index contributed by atoms with van der Waals surface area (Å²) in [5.41, 5.74) is -0.735. The Balaban J connectivity index is 2.50. The molecule has 0 bridgehead atoms. The lowest BCUT2D eigenvalue weighted by molar-refractivity contribution is -0.387. The molecule has 2 rings (SSSR count). The van der Waals surface area contributed by atoms with Gasteiger partial charge in [-0.05, 0) is 18.6 Å². The SMILES string of the molecule is Cc1cccc([N+](=O)[O-])c1S(=O)(=O)Nc1cccc([N+](=O)[O-])c1. The van der Waals surface area contributed by atoms with E-state index in [0.717, 1.165) is 12.1 Å². The maximum absolute atomic E-state index is 12.4. The molecule has 0 aliphatic rings. The van der Waals surface area contributed by atoms with Gasteiger partial charge in [-0.2, -0.15) is 0 Å². The predicted octanol–water partition coefficient (Wildman–Crippen LogP) is 2.61. The molecule has 10 heteroatoms. The van der Waals surface area contributed by atoms with Crippen molar-refractivity contribution < 1.29 is 18.3 Å². The molecular weight excluding hydrogens is 326 g/mol. The minimum Gasteiger partial charge on any atom is -0.279 e. The van der Waals surface area contributed by atoms with Gasteiger partial charge in [0, 0.05) is 18.2 Å². The zero-order chi connectivity index (χ0) is 17.2. The normalized spacial score (nSPS) is 11.0. The van der Waals surface area contributed by atoms with Crippen molar-refractivity contribution >= 4 is 27.1 Å². The van der Waals surface area contributed by atoms with Crippen LogP contribution in [0.1, 0.15) is 5.56 Å². The van der Waals surface area contributed by atoms with Gasteiger partial charge in [-0.1, -0.05) is 18.2 Å². The van der Waals surface area contributed by atoms with E-state index in [9.17, 15) is 28.6 Å². The minimum atomic E-state index is -4.28. The third-order valence-electron chi connectivity index (χ3n) is 2.97. The summed E-state index contributed by atoms with van der Waals surface area (Å²) in [7, 11) is -4.28. The standard InChI is InChI=1S/C13H11N3O6S/c1-9-4-2-7-12(16(19)20)13(9)23(21,22)14-10-5-3-6-11(8-10)15(17)18/h2-8,14H,1H3. The largest absolute Gasteiger partial charge is 0.290 e. The summed E-state index contributed by atoms with van der Waals surface area (Å²) < 4.78 is 27.0. The van der Waals surface area contributed by atoms with Gasteiger partial charge in [0.2, 0.25) is 0 Å². The van der Waals surface area contributed by atoms with E-state index in [4.69, 9.17) is 0 Å². The molecule has 2 aromatic rings. The molecular formula is C13H11N3O6S. The van der Waals surface area contributed by atoms with Crippen LogP contribution in [0.25, 0.3) is 0 Å². The molecule has 0 spiro atoms. The predicted molar refractivity (Wildman–Crippen MR) is 81.7 cm³/mol. The Morgan fingerprint density at radius 2 is 1.65 bits per heavy atom. The van der Waals surface area contributed by atoms with Crippen LogP contribution in [-0.2, 0) is 10.0 Å². The molecule has 0 aromatic heterocycles. The Kier molecular flexibility index (Phi) is 4.27. The summed E-state index contributed by atoms with van der Waals surface area (Å²) in [6.07, 6.45) is 0. The quantitative estimate of drug-likeness (QED) is 0.658. The zero-order valence-electron chi connectivity index (χ0n) is 11.8. The van der Waals surface area contributed by atoms with Gasteiger partial charge in [-0.3, -0.25) is 25.0 Å². The van der Waals surface area contributed by atoms with Crippen molar-refractivity contribution in [3.63, 3.8) is 0 Å². The molecule has 0 amide bonds.